The summed E-state index contributed by atoms with van der Waals surface area (Å²) in [5.41, 5.74) is 4.59. The molecule has 0 heterocycles. The van der Waals surface area contributed by atoms with E-state index >= 15 is 0 Å². The molecule has 2 amide bonds. The molecule has 0 aliphatic heterocycles. The first-order chi connectivity index (χ1) is 6.18. The number of hydrogen-bond acceptors (Lipinski definition) is 2. The maximum atomic E-state index is 11.1. The second-order valence-electron chi connectivity index (χ2n) is 3.20. The first-order valence-corrected chi connectivity index (χ1v) is 4.40. The van der Waals surface area contributed by atoms with Crippen molar-refractivity contribution in [2.24, 2.45) is 5.92 Å². The van der Waals surface area contributed by atoms with Crippen molar-refractivity contribution in [1.29, 1.82) is 0 Å². The highest BCUT2D eigenvalue weighted by Gasteiger charge is 2.13. The van der Waals surface area contributed by atoms with Crippen LogP contribution in [0.1, 0.15) is 26.2 Å². The first kappa shape index (κ1) is 9.77. The fraction of sp³-hybridized carbons (Fsp3) is 0.556. The molecule has 0 saturated carbocycles. The van der Waals surface area contributed by atoms with Crippen LogP contribution in [0.25, 0.3) is 0 Å². The number of rotatable bonds is 2. The van der Waals surface area contributed by atoms with Crippen LogP contribution in [-0.2, 0) is 9.59 Å². The highest BCUT2D eigenvalue weighted by molar-refractivity contribution is 5.80. The van der Waals surface area contributed by atoms with E-state index in [-0.39, 0.29) is 11.8 Å². The third-order valence-electron chi connectivity index (χ3n) is 1.94. The number of carbonyl (C=O) groups is 2. The Bertz CT molecular complexity index is 236. The van der Waals surface area contributed by atoms with Crippen LogP contribution in [0.5, 0.6) is 0 Å². The minimum atomic E-state index is -0.254. The average Bonchev–Trinajstić information content (AvgIpc) is 2.53. The van der Waals surface area contributed by atoms with Crippen LogP contribution < -0.4 is 10.9 Å². The van der Waals surface area contributed by atoms with Crippen LogP contribution in [-0.4, -0.2) is 11.8 Å². The molecule has 1 aliphatic carbocycles. The van der Waals surface area contributed by atoms with Crippen LogP contribution in [0.2, 0.25) is 0 Å². The quantitative estimate of drug-likeness (QED) is 0.483. The number of hydrogen-bond donors (Lipinski definition) is 2. The standard InChI is InChI=1S/C9H14N2O2/c1-7(12)10-11-9(13)6-8-4-2-3-5-8/h2,4,8H,3,5-6H2,1H3,(H,10,12)(H,11,13). The minimum Gasteiger partial charge on any atom is -0.274 e. The van der Waals surface area contributed by atoms with Gasteiger partial charge in [0.1, 0.15) is 0 Å². The highest BCUT2D eigenvalue weighted by Crippen LogP contribution is 2.19. The van der Waals surface area contributed by atoms with E-state index < -0.39 is 0 Å². The van der Waals surface area contributed by atoms with Gasteiger partial charge in [-0.25, -0.2) is 0 Å². The van der Waals surface area contributed by atoms with Gasteiger partial charge < -0.3 is 0 Å². The second kappa shape index (κ2) is 4.64. The minimum absolute atomic E-state index is 0.133. The van der Waals surface area contributed by atoms with Gasteiger partial charge in [-0.15, -0.1) is 0 Å². The van der Waals surface area contributed by atoms with Gasteiger partial charge in [0.2, 0.25) is 11.8 Å². The van der Waals surface area contributed by atoms with Crippen LogP contribution in [0.15, 0.2) is 12.2 Å². The molecule has 1 unspecified atom stereocenters. The third kappa shape index (κ3) is 3.73. The van der Waals surface area contributed by atoms with Gasteiger partial charge in [-0.2, -0.15) is 0 Å². The van der Waals surface area contributed by atoms with E-state index in [0.717, 1.165) is 12.8 Å². The Morgan fingerprint density at radius 1 is 1.46 bits per heavy atom. The van der Waals surface area contributed by atoms with E-state index in [1.165, 1.54) is 6.92 Å². The van der Waals surface area contributed by atoms with Gasteiger partial charge in [0.15, 0.2) is 0 Å². The molecule has 72 valence electrons. The van der Waals surface area contributed by atoms with Crippen molar-refractivity contribution < 1.29 is 9.59 Å². The highest BCUT2D eigenvalue weighted by atomic mass is 16.2. The van der Waals surface area contributed by atoms with E-state index in [4.69, 9.17) is 0 Å². The average molecular weight is 182 g/mol. The molecule has 2 N–H and O–H groups in total. The van der Waals surface area contributed by atoms with Crippen LogP contribution in [0, 0.1) is 5.92 Å². The fourth-order valence-electron chi connectivity index (χ4n) is 1.31. The zero-order chi connectivity index (χ0) is 9.68. The lowest BCUT2D eigenvalue weighted by molar-refractivity contribution is -0.128. The number of hydrazine groups is 1. The van der Waals surface area contributed by atoms with Gasteiger partial charge in [-0.05, 0) is 18.8 Å². The predicted octanol–water partition coefficient (Wildman–Crippen LogP) is 0.510. The van der Waals surface area contributed by atoms with Crippen LogP contribution in [0.3, 0.4) is 0 Å². The Kier molecular flexibility index (Phi) is 3.49. The molecule has 0 aromatic heterocycles. The molecule has 0 radical (unpaired) electrons. The third-order valence-corrected chi connectivity index (χ3v) is 1.94. The molecule has 0 aromatic rings. The molecule has 1 atom stereocenters. The summed E-state index contributed by atoms with van der Waals surface area (Å²) in [6.07, 6.45) is 6.67. The molecular formula is C9H14N2O2. The summed E-state index contributed by atoms with van der Waals surface area (Å²) in [7, 11) is 0. The monoisotopic (exact) mass is 182 g/mol. The maximum absolute atomic E-state index is 11.1. The van der Waals surface area contributed by atoms with Gasteiger partial charge in [0, 0.05) is 13.3 Å². The first-order valence-electron chi connectivity index (χ1n) is 4.40. The number of amides is 2. The number of carbonyl (C=O) groups excluding carboxylic acids is 2. The molecule has 0 saturated heterocycles. The normalized spacial score (nSPS) is 19.9. The fourth-order valence-corrected chi connectivity index (χ4v) is 1.31. The summed E-state index contributed by atoms with van der Waals surface area (Å²) >= 11 is 0. The number of nitrogens with one attached hydrogen (secondary N) is 2. The molecule has 4 nitrogen and oxygen atoms in total. The molecule has 4 heteroatoms. The molecule has 1 aliphatic rings. The van der Waals surface area contributed by atoms with Crippen molar-refractivity contribution in [3.05, 3.63) is 12.2 Å². The Morgan fingerprint density at radius 2 is 2.23 bits per heavy atom. The van der Waals surface area contributed by atoms with E-state index in [1.807, 2.05) is 6.08 Å². The lowest BCUT2D eigenvalue weighted by Gasteiger charge is -2.08. The van der Waals surface area contributed by atoms with Crippen molar-refractivity contribution in [3.8, 4) is 0 Å². The lowest BCUT2D eigenvalue weighted by Crippen LogP contribution is -2.40. The summed E-state index contributed by atoms with van der Waals surface area (Å²) < 4.78 is 0. The summed E-state index contributed by atoms with van der Waals surface area (Å²) in [5.74, 6) is -0.0455. The lowest BCUT2D eigenvalue weighted by atomic mass is 10.1. The molecule has 1 rings (SSSR count). The number of allylic oxidation sites excluding steroid dienone is 2. The maximum Gasteiger partial charge on any atom is 0.238 e. The smallest absolute Gasteiger partial charge is 0.238 e. The van der Waals surface area contributed by atoms with Crippen molar-refractivity contribution in [2.45, 2.75) is 26.2 Å². The van der Waals surface area contributed by atoms with E-state index in [1.54, 1.807) is 0 Å². The van der Waals surface area contributed by atoms with Crippen LogP contribution in [0.4, 0.5) is 0 Å². The molecule has 0 aromatic carbocycles. The van der Waals surface area contributed by atoms with Gasteiger partial charge in [0.25, 0.3) is 0 Å². The summed E-state index contributed by atoms with van der Waals surface area (Å²) in [6.45, 7) is 1.36. The van der Waals surface area contributed by atoms with Crippen LogP contribution >= 0.6 is 0 Å². The second-order valence-corrected chi connectivity index (χ2v) is 3.20. The summed E-state index contributed by atoms with van der Waals surface area (Å²) in [4.78, 5) is 21.6. The summed E-state index contributed by atoms with van der Waals surface area (Å²) in [6, 6.07) is 0. The van der Waals surface area contributed by atoms with Gasteiger partial charge >= 0.3 is 0 Å². The molecule has 0 spiro atoms. The zero-order valence-corrected chi connectivity index (χ0v) is 7.67. The van der Waals surface area contributed by atoms with Crippen molar-refractivity contribution in [1.82, 2.24) is 10.9 Å². The Hall–Kier alpha value is -1.32. The van der Waals surface area contributed by atoms with E-state index in [0.29, 0.717) is 12.3 Å². The molecule has 0 bridgehead atoms. The summed E-state index contributed by atoms with van der Waals surface area (Å²) in [5, 5.41) is 0. The molecule has 0 fully saturated rings. The largest absolute Gasteiger partial charge is 0.274 e. The van der Waals surface area contributed by atoms with Gasteiger partial charge in [0.05, 0.1) is 0 Å². The molecule has 13 heavy (non-hydrogen) atoms. The van der Waals surface area contributed by atoms with Crippen molar-refractivity contribution >= 4 is 11.8 Å². The van der Waals surface area contributed by atoms with Crippen molar-refractivity contribution in [2.75, 3.05) is 0 Å². The molecular weight excluding hydrogens is 168 g/mol. The Morgan fingerprint density at radius 3 is 2.77 bits per heavy atom. The van der Waals surface area contributed by atoms with E-state index in [2.05, 4.69) is 16.9 Å². The van der Waals surface area contributed by atoms with Gasteiger partial charge in [-0.3, -0.25) is 20.4 Å². The van der Waals surface area contributed by atoms with Crippen molar-refractivity contribution in [3.63, 3.8) is 0 Å². The SMILES string of the molecule is CC(=O)NNC(=O)CC1C=CCC1. The van der Waals surface area contributed by atoms with E-state index in [9.17, 15) is 9.59 Å². The Balaban J connectivity index is 2.17. The Labute approximate surface area is 77.4 Å². The van der Waals surface area contributed by atoms with Gasteiger partial charge in [-0.1, -0.05) is 12.2 Å². The predicted molar refractivity (Wildman–Crippen MR) is 48.4 cm³/mol. The topological polar surface area (TPSA) is 58.2 Å². The zero-order valence-electron chi connectivity index (χ0n) is 7.67.